The highest BCUT2D eigenvalue weighted by atomic mass is 16.5. The van der Waals surface area contributed by atoms with E-state index >= 15 is 0 Å². The van der Waals surface area contributed by atoms with Crippen LogP contribution >= 0.6 is 0 Å². The van der Waals surface area contributed by atoms with Gasteiger partial charge in [0.1, 0.15) is 28.6 Å². The molecule has 0 amide bonds. The second kappa shape index (κ2) is 10.4. The molecule has 0 N–H and O–H groups in total. The Bertz CT molecular complexity index is 2960. The number of nitrogens with zero attached hydrogens (tertiary/aromatic N) is 5. The highest BCUT2D eigenvalue weighted by Gasteiger charge is 2.31. The maximum Gasteiger partial charge on any atom is 0.147 e. The molecule has 1 aliphatic rings. The number of aromatic nitrogens is 5. The van der Waals surface area contributed by atoms with E-state index in [0.29, 0.717) is 0 Å². The van der Waals surface area contributed by atoms with Crippen LogP contribution in [0.5, 0.6) is 11.5 Å². The fourth-order valence-electron chi connectivity index (χ4n) is 8.00. The largest absolute Gasteiger partial charge is 0.457 e. The number of hydrogen-bond donors (Lipinski definition) is 0. The van der Waals surface area contributed by atoms with Crippen LogP contribution in [0.3, 0.4) is 0 Å². The molecule has 5 aromatic carbocycles. The Morgan fingerprint density at radius 1 is 0.540 bits per heavy atom. The van der Waals surface area contributed by atoms with Crippen LogP contribution in [0, 0.1) is 0 Å². The van der Waals surface area contributed by atoms with Crippen LogP contribution in [0.1, 0.15) is 22.6 Å². The van der Waals surface area contributed by atoms with E-state index in [4.69, 9.17) is 19.7 Å². The van der Waals surface area contributed by atoms with Crippen molar-refractivity contribution >= 4 is 49.3 Å². The highest BCUT2D eigenvalue weighted by Crippen LogP contribution is 2.47. The third-order valence-electron chi connectivity index (χ3n) is 10.1. The van der Waals surface area contributed by atoms with E-state index in [2.05, 4.69) is 118 Å². The van der Waals surface area contributed by atoms with Crippen LogP contribution in [0.2, 0.25) is 0 Å². The van der Waals surface area contributed by atoms with Gasteiger partial charge in [0.05, 0.1) is 16.7 Å². The maximum atomic E-state index is 6.68. The highest BCUT2D eigenvalue weighted by molar-refractivity contribution is 6.12. The number of pyridine rings is 3. The Kier molecular flexibility index (Phi) is 5.63. The molecule has 0 fully saturated rings. The number of benzene rings is 5. The van der Waals surface area contributed by atoms with E-state index in [1.807, 2.05) is 48.8 Å². The van der Waals surface area contributed by atoms with Gasteiger partial charge in [-0.25, -0.2) is 15.0 Å². The molecule has 6 nitrogen and oxygen atoms in total. The van der Waals surface area contributed by atoms with Gasteiger partial charge in [-0.3, -0.25) is 8.97 Å². The summed E-state index contributed by atoms with van der Waals surface area (Å²) in [5.74, 6) is 2.55. The Morgan fingerprint density at radius 2 is 1.28 bits per heavy atom. The van der Waals surface area contributed by atoms with Crippen LogP contribution in [0.15, 0.2) is 158 Å². The van der Waals surface area contributed by atoms with E-state index in [-0.39, 0.29) is 5.92 Å². The summed E-state index contributed by atoms with van der Waals surface area (Å²) in [7, 11) is 0. The summed E-state index contributed by atoms with van der Waals surface area (Å²) >= 11 is 0. The Morgan fingerprint density at radius 3 is 2.16 bits per heavy atom. The van der Waals surface area contributed by atoms with Gasteiger partial charge in [0.2, 0.25) is 0 Å². The molecule has 0 radical (unpaired) electrons. The lowest BCUT2D eigenvalue weighted by Gasteiger charge is -2.28. The number of rotatable bonds is 4. The molecule has 1 unspecified atom stereocenters. The number of imidazole rings is 1. The van der Waals surface area contributed by atoms with Crippen LogP contribution < -0.4 is 4.74 Å². The minimum absolute atomic E-state index is 0.0990. The molecule has 0 aliphatic carbocycles. The van der Waals surface area contributed by atoms with Crippen molar-refractivity contribution in [1.82, 2.24) is 23.9 Å². The van der Waals surface area contributed by atoms with Crippen molar-refractivity contribution in [3.05, 3.63) is 175 Å². The number of fused-ring (bicyclic) bond motifs is 11. The van der Waals surface area contributed by atoms with Crippen molar-refractivity contribution in [2.24, 2.45) is 0 Å². The summed E-state index contributed by atoms with van der Waals surface area (Å²) in [6.07, 6.45) is 5.80. The molecule has 50 heavy (non-hydrogen) atoms. The first-order chi connectivity index (χ1) is 24.8. The molecule has 10 aromatic rings. The first-order valence-corrected chi connectivity index (χ1v) is 16.8. The normalized spacial score (nSPS) is 13.8. The smallest absolute Gasteiger partial charge is 0.147 e. The summed E-state index contributed by atoms with van der Waals surface area (Å²) in [4.78, 5) is 14.8. The SMILES string of the molecule is c1ccc(-c2cn3c4ncccc4c4ccc(Oc5ccc6c7cccc8c7n(c6c5)-c5ncccc5C8c5ccccc5)cc4c3n2)cc1. The van der Waals surface area contributed by atoms with Gasteiger partial charge in [-0.05, 0) is 65.0 Å². The molecule has 0 saturated carbocycles. The van der Waals surface area contributed by atoms with Crippen molar-refractivity contribution in [2.45, 2.75) is 5.92 Å². The Hall–Kier alpha value is -6.79. The third kappa shape index (κ3) is 3.87. The first-order valence-electron chi connectivity index (χ1n) is 16.8. The van der Waals surface area contributed by atoms with Gasteiger partial charge in [-0.15, -0.1) is 0 Å². The van der Waals surface area contributed by atoms with E-state index < -0.39 is 0 Å². The zero-order valence-electron chi connectivity index (χ0n) is 26.7. The minimum atomic E-state index is 0.0990. The van der Waals surface area contributed by atoms with Crippen molar-refractivity contribution in [3.63, 3.8) is 0 Å². The molecule has 1 atom stereocenters. The van der Waals surface area contributed by atoms with Crippen LogP contribution in [-0.4, -0.2) is 23.9 Å². The molecular formula is C44H27N5O. The minimum Gasteiger partial charge on any atom is -0.457 e. The second-order valence-corrected chi connectivity index (χ2v) is 12.9. The molecule has 5 aromatic heterocycles. The summed E-state index contributed by atoms with van der Waals surface area (Å²) in [5.41, 5.74) is 9.68. The van der Waals surface area contributed by atoms with Crippen molar-refractivity contribution < 1.29 is 4.74 Å². The average molecular weight is 642 g/mol. The van der Waals surface area contributed by atoms with E-state index in [0.717, 1.165) is 61.5 Å². The van der Waals surface area contributed by atoms with E-state index in [1.165, 1.54) is 33.0 Å². The molecule has 6 heteroatoms. The van der Waals surface area contributed by atoms with Crippen molar-refractivity contribution in [1.29, 1.82) is 0 Å². The molecular weight excluding hydrogens is 615 g/mol. The molecule has 6 heterocycles. The third-order valence-corrected chi connectivity index (χ3v) is 10.1. The molecule has 0 spiro atoms. The Balaban J connectivity index is 1.08. The van der Waals surface area contributed by atoms with Gasteiger partial charge in [-0.1, -0.05) is 84.9 Å². The molecule has 234 valence electrons. The number of ether oxygens (including phenoxy) is 1. The summed E-state index contributed by atoms with van der Waals surface area (Å²) in [6.45, 7) is 0. The maximum absolute atomic E-state index is 6.68. The molecule has 0 bridgehead atoms. The van der Waals surface area contributed by atoms with Gasteiger partial charge in [0.25, 0.3) is 0 Å². The van der Waals surface area contributed by atoms with Gasteiger partial charge in [0, 0.05) is 63.2 Å². The summed E-state index contributed by atoms with van der Waals surface area (Å²) in [6, 6.07) is 48.7. The quantitative estimate of drug-likeness (QED) is 0.180. The summed E-state index contributed by atoms with van der Waals surface area (Å²) in [5, 5.41) is 5.53. The topological polar surface area (TPSA) is 57.2 Å². The Labute approximate surface area is 286 Å². The number of hydrogen-bond acceptors (Lipinski definition) is 4. The first kappa shape index (κ1) is 27.2. The lowest BCUT2D eigenvalue weighted by molar-refractivity contribution is 0.484. The molecule has 0 saturated heterocycles. The lowest BCUT2D eigenvalue weighted by atomic mass is 9.82. The number of para-hydroxylation sites is 1. The zero-order valence-corrected chi connectivity index (χ0v) is 26.7. The monoisotopic (exact) mass is 641 g/mol. The van der Waals surface area contributed by atoms with Crippen molar-refractivity contribution in [2.75, 3.05) is 0 Å². The van der Waals surface area contributed by atoms with Gasteiger partial charge in [-0.2, -0.15) is 0 Å². The fraction of sp³-hybridized carbons (Fsp3) is 0.0227. The lowest BCUT2D eigenvalue weighted by Crippen LogP contribution is -2.15. The molecule has 11 rings (SSSR count). The zero-order chi connectivity index (χ0) is 32.8. The fourth-order valence-corrected chi connectivity index (χ4v) is 8.00. The molecule has 1 aliphatic heterocycles. The van der Waals surface area contributed by atoms with Crippen LogP contribution in [-0.2, 0) is 0 Å². The van der Waals surface area contributed by atoms with E-state index in [9.17, 15) is 0 Å². The standard InChI is InChI=1S/C44H27N5O/c1-3-10-27(11-4-1)38-26-48-42-34(16-8-22-45-42)31-20-18-29(24-37(31)44(48)47-38)50-30-19-21-32-33-14-7-15-35-40(28-12-5-2-6-13-28)36-17-9-23-46-43(36)49(41(33)35)39(32)25-30/h1-26,40H. The van der Waals surface area contributed by atoms with Gasteiger partial charge in [0.15, 0.2) is 0 Å². The van der Waals surface area contributed by atoms with Gasteiger partial charge < -0.3 is 4.74 Å². The van der Waals surface area contributed by atoms with Gasteiger partial charge >= 0.3 is 0 Å². The van der Waals surface area contributed by atoms with Crippen LogP contribution in [0.25, 0.3) is 66.3 Å². The average Bonchev–Trinajstić information content (AvgIpc) is 3.77. The van der Waals surface area contributed by atoms with Crippen molar-refractivity contribution in [3.8, 4) is 28.6 Å². The predicted octanol–water partition coefficient (Wildman–Crippen LogP) is 10.5. The predicted molar refractivity (Wildman–Crippen MR) is 199 cm³/mol. The second-order valence-electron chi connectivity index (χ2n) is 12.9. The van der Waals surface area contributed by atoms with E-state index in [1.54, 1.807) is 0 Å². The summed E-state index contributed by atoms with van der Waals surface area (Å²) < 4.78 is 11.1. The van der Waals surface area contributed by atoms with Crippen LogP contribution in [0.4, 0.5) is 0 Å².